The molecule has 0 aliphatic carbocycles. The predicted molar refractivity (Wildman–Crippen MR) is 139 cm³/mol. The van der Waals surface area contributed by atoms with E-state index in [9.17, 15) is 18.0 Å². The summed E-state index contributed by atoms with van der Waals surface area (Å²) in [6.07, 6.45) is 1.76. The van der Waals surface area contributed by atoms with Gasteiger partial charge >= 0.3 is 16.1 Å². The van der Waals surface area contributed by atoms with Gasteiger partial charge in [-0.1, -0.05) is 6.07 Å². The van der Waals surface area contributed by atoms with Crippen molar-refractivity contribution >= 4 is 27.7 Å². The van der Waals surface area contributed by atoms with Gasteiger partial charge in [0.2, 0.25) is 5.91 Å². The number of hydrogen-bond donors (Lipinski definition) is 2. The molecule has 1 aliphatic rings. The molecular formula is C26H35N3O7S. The van der Waals surface area contributed by atoms with Crippen molar-refractivity contribution in [3.05, 3.63) is 48.0 Å². The van der Waals surface area contributed by atoms with Gasteiger partial charge in [0.05, 0.1) is 13.2 Å². The highest BCUT2D eigenvalue weighted by Crippen LogP contribution is 2.32. The lowest BCUT2D eigenvalue weighted by molar-refractivity contribution is -0.114. The summed E-state index contributed by atoms with van der Waals surface area (Å²) in [4.78, 5) is 25.8. The molecule has 1 fully saturated rings. The van der Waals surface area contributed by atoms with Crippen LogP contribution in [-0.2, 0) is 26.2 Å². The maximum Gasteiger partial charge on any atom is 0.339 e. The topological polar surface area (TPSA) is 123 Å². The smallest absolute Gasteiger partial charge is 0.339 e. The third-order valence-corrected chi connectivity index (χ3v) is 6.73. The number of nitrogens with zero attached hydrogens (tertiary/aromatic N) is 1. The molecule has 202 valence electrons. The van der Waals surface area contributed by atoms with Gasteiger partial charge in [0, 0.05) is 37.8 Å². The first-order valence-corrected chi connectivity index (χ1v) is 13.4. The van der Waals surface area contributed by atoms with E-state index >= 15 is 0 Å². The Balaban J connectivity index is 1.83. The number of methoxy groups -OCH3 is 1. The van der Waals surface area contributed by atoms with Crippen molar-refractivity contribution in [2.75, 3.05) is 25.6 Å². The van der Waals surface area contributed by atoms with Gasteiger partial charge in [-0.05, 0) is 75.6 Å². The Hall–Kier alpha value is -3.31. The Morgan fingerprint density at radius 2 is 1.81 bits per heavy atom. The molecule has 1 atom stereocenters. The third kappa shape index (κ3) is 8.36. The zero-order valence-corrected chi connectivity index (χ0v) is 22.7. The maximum absolute atomic E-state index is 13.0. The van der Waals surface area contributed by atoms with E-state index in [1.54, 1.807) is 23.1 Å². The summed E-state index contributed by atoms with van der Waals surface area (Å²) in [7, 11) is -2.79. The SMILES string of the molecule is COc1ccc(CN(C[C@@H]2CCCO2)C(=O)NC(C)(C)C)cc1OS(=O)(=O)c1ccc(NC(C)=O)cc1. The molecule has 0 saturated carbocycles. The Bertz CT molecular complexity index is 1200. The Morgan fingerprint density at radius 1 is 1.11 bits per heavy atom. The largest absolute Gasteiger partial charge is 0.493 e. The lowest BCUT2D eigenvalue weighted by Gasteiger charge is -2.30. The monoisotopic (exact) mass is 533 g/mol. The van der Waals surface area contributed by atoms with E-state index in [-0.39, 0.29) is 41.0 Å². The van der Waals surface area contributed by atoms with Gasteiger partial charge in [0.25, 0.3) is 0 Å². The maximum atomic E-state index is 13.0. The fourth-order valence-electron chi connectivity index (χ4n) is 3.83. The quantitative estimate of drug-likeness (QED) is 0.469. The molecular weight excluding hydrogens is 498 g/mol. The predicted octanol–water partition coefficient (Wildman–Crippen LogP) is 3.91. The first-order valence-electron chi connectivity index (χ1n) is 12.0. The van der Waals surface area contributed by atoms with Gasteiger partial charge in [0.1, 0.15) is 4.90 Å². The van der Waals surface area contributed by atoms with E-state index in [2.05, 4.69) is 10.6 Å². The summed E-state index contributed by atoms with van der Waals surface area (Å²) in [6, 6.07) is 10.3. The second kappa shape index (κ2) is 11.8. The number of ether oxygens (including phenoxy) is 2. The normalized spacial score (nSPS) is 15.6. The van der Waals surface area contributed by atoms with Crippen molar-refractivity contribution in [3.63, 3.8) is 0 Å². The first-order chi connectivity index (χ1) is 17.4. The lowest BCUT2D eigenvalue weighted by atomic mass is 10.1. The van der Waals surface area contributed by atoms with Crippen LogP contribution in [0.4, 0.5) is 10.5 Å². The van der Waals surface area contributed by atoms with Crippen molar-refractivity contribution in [1.29, 1.82) is 0 Å². The van der Waals surface area contributed by atoms with Crippen molar-refractivity contribution < 1.29 is 31.7 Å². The van der Waals surface area contributed by atoms with Crippen LogP contribution >= 0.6 is 0 Å². The molecule has 0 radical (unpaired) electrons. The highest BCUT2D eigenvalue weighted by Gasteiger charge is 2.26. The Labute approximate surface area is 218 Å². The first kappa shape index (κ1) is 28.3. The van der Waals surface area contributed by atoms with E-state index in [1.165, 1.54) is 38.3 Å². The number of anilines is 1. The molecule has 1 heterocycles. The molecule has 0 bridgehead atoms. The van der Waals surface area contributed by atoms with Crippen LogP contribution < -0.4 is 19.6 Å². The van der Waals surface area contributed by atoms with E-state index in [0.29, 0.717) is 24.4 Å². The minimum absolute atomic E-state index is 0.000710. The second-order valence-corrected chi connectivity index (χ2v) is 11.5. The average molecular weight is 534 g/mol. The van der Waals surface area contributed by atoms with Crippen LogP contribution in [0.25, 0.3) is 0 Å². The molecule has 0 spiro atoms. The highest BCUT2D eigenvalue weighted by molar-refractivity contribution is 7.87. The molecule has 11 heteroatoms. The molecule has 1 saturated heterocycles. The molecule has 1 aliphatic heterocycles. The molecule has 3 amide bonds. The van der Waals surface area contributed by atoms with Crippen LogP contribution in [0.1, 0.15) is 46.1 Å². The van der Waals surface area contributed by atoms with Gasteiger partial charge in [-0.2, -0.15) is 8.42 Å². The molecule has 0 aromatic heterocycles. The van der Waals surface area contributed by atoms with Crippen LogP contribution in [0.15, 0.2) is 47.4 Å². The Kier molecular flexibility index (Phi) is 9.03. The second-order valence-electron chi connectivity index (χ2n) is 9.92. The minimum Gasteiger partial charge on any atom is -0.493 e. The molecule has 37 heavy (non-hydrogen) atoms. The van der Waals surface area contributed by atoms with E-state index in [0.717, 1.165) is 12.8 Å². The lowest BCUT2D eigenvalue weighted by Crippen LogP contribution is -2.50. The molecule has 0 unspecified atom stereocenters. The fraction of sp³-hybridized carbons (Fsp3) is 0.462. The molecule has 2 aromatic rings. The summed E-state index contributed by atoms with van der Waals surface area (Å²) in [5, 5.41) is 5.56. The number of benzene rings is 2. The summed E-state index contributed by atoms with van der Waals surface area (Å²) in [5.74, 6) is -0.0376. The van der Waals surface area contributed by atoms with E-state index in [4.69, 9.17) is 13.7 Å². The zero-order valence-electron chi connectivity index (χ0n) is 21.9. The van der Waals surface area contributed by atoms with Crippen LogP contribution in [0.5, 0.6) is 11.5 Å². The highest BCUT2D eigenvalue weighted by atomic mass is 32.2. The molecule has 3 rings (SSSR count). The number of carbonyl (C=O) groups excluding carboxylic acids is 2. The Morgan fingerprint density at radius 3 is 2.38 bits per heavy atom. The number of carbonyl (C=O) groups is 2. The van der Waals surface area contributed by atoms with Gasteiger partial charge < -0.3 is 29.2 Å². The zero-order chi connectivity index (χ0) is 27.2. The van der Waals surface area contributed by atoms with Crippen molar-refractivity contribution in [3.8, 4) is 11.5 Å². The van der Waals surface area contributed by atoms with Gasteiger partial charge in [-0.25, -0.2) is 4.79 Å². The molecule has 2 N–H and O–H groups in total. The van der Waals surface area contributed by atoms with Crippen LogP contribution in [-0.4, -0.2) is 57.2 Å². The number of amides is 3. The van der Waals surface area contributed by atoms with Gasteiger partial charge in [-0.3, -0.25) is 4.79 Å². The summed E-state index contributed by atoms with van der Waals surface area (Å²) in [6.45, 7) is 8.37. The number of hydrogen-bond acceptors (Lipinski definition) is 7. The number of nitrogens with one attached hydrogen (secondary N) is 2. The van der Waals surface area contributed by atoms with Crippen LogP contribution in [0.2, 0.25) is 0 Å². The van der Waals surface area contributed by atoms with Crippen LogP contribution in [0, 0.1) is 0 Å². The van der Waals surface area contributed by atoms with Crippen molar-refractivity contribution in [1.82, 2.24) is 10.2 Å². The van der Waals surface area contributed by atoms with Crippen LogP contribution in [0.3, 0.4) is 0 Å². The van der Waals surface area contributed by atoms with Gasteiger partial charge in [-0.15, -0.1) is 0 Å². The third-order valence-electron chi connectivity index (χ3n) is 5.48. The van der Waals surface area contributed by atoms with Crippen molar-refractivity contribution in [2.24, 2.45) is 0 Å². The van der Waals surface area contributed by atoms with Gasteiger partial charge in [0.15, 0.2) is 11.5 Å². The summed E-state index contributed by atoms with van der Waals surface area (Å²) < 4.78 is 42.5. The van der Waals surface area contributed by atoms with Crippen molar-refractivity contribution in [2.45, 2.75) is 63.6 Å². The summed E-state index contributed by atoms with van der Waals surface area (Å²) in [5.41, 5.74) is 0.698. The average Bonchev–Trinajstić information content (AvgIpc) is 3.31. The minimum atomic E-state index is -4.20. The van der Waals surface area contributed by atoms with E-state index in [1.807, 2.05) is 20.8 Å². The van der Waals surface area contributed by atoms with E-state index < -0.39 is 15.7 Å². The fourth-order valence-corrected chi connectivity index (χ4v) is 4.77. The molecule has 10 nitrogen and oxygen atoms in total. The standard InChI is InChI=1S/C26H35N3O7S/c1-18(30)27-20-9-11-22(12-10-20)37(32,33)36-24-15-19(8-13-23(24)34-5)16-29(17-21-7-6-14-35-21)25(31)28-26(2,3)4/h8-13,15,21H,6-7,14,16-17H2,1-5H3,(H,27,30)(H,28,31)/t21-/m0/s1. The summed E-state index contributed by atoms with van der Waals surface area (Å²) >= 11 is 0. The molecule has 2 aromatic carbocycles. The number of rotatable bonds is 9. The number of urea groups is 1.